The van der Waals surface area contributed by atoms with Crippen LogP contribution in [-0.2, 0) is 14.6 Å². The molecule has 0 aliphatic carbocycles. The predicted octanol–water partition coefficient (Wildman–Crippen LogP) is 3.26. The van der Waals surface area contributed by atoms with Gasteiger partial charge in [-0.2, -0.15) is 0 Å². The minimum atomic E-state index is -3.26. The summed E-state index contributed by atoms with van der Waals surface area (Å²) in [7, 11) is -3.26. The quantitative estimate of drug-likeness (QED) is 0.801. The molecule has 7 heteroatoms. The van der Waals surface area contributed by atoms with E-state index in [2.05, 4.69) is 5.32 Å². The molecular formula is C19H22FNO4S. The van der Waals surface area contributed by atoms with Crippen molar-refractivity contribution in [2.24, 2.45) is 0 Å². The Bertz CT molecular complexity index is 848. The summed E-state index contributed by atoms with van der Waals surface area (Å²) in [5.41, 5.74) is 0.808. The molecule has 0 spiro atoms. The largest absolute Gasteiger partial charge is 0.481 e. The highest BCUT2D eigenvalue weighted by Crippen LogP contribution is 2.20. The van der Waals surface area contributed by atoms with Crippen LogP contribution in [0.2, 0.25) is 0 Å². The smallest absolute Gasteiger partial charge is 0.261 e. The van der Waals surface area contributed by atoms with Gasteiger partial charge < -0.3 is 10.1 Å². The highest BCUT2D eigenvalue weighted by Gasteiger charge is 2.20. The van der Waals surface area contributed by atoms with E-state index in [1.165, 1.54) is 36.4 Å². The predicted molar refractivity (Wildman–Crippen MR) is 97.2 cm³/mol. The fourth-order valence-electron chi connectivity index (χ4n) is 2.43. The number of amides is 1. The lowest BCUT2D eigenvalue weighted by Gasteiger charge is -2.21. The molecule has 0 saturated heterocycles. The summed E-state index contributed by atoms with van der Waals surface area (Å²) in [4.78, 5) is 12.6. The van der Waals surface area contributed by atoms with Gasteiger partial charge in [-0.05, 0) is 55.3 Å². The number of rotatable bonds is 7. The Hall–Kier alpha value is -2.41. The lowest BCUT2D eigenvalue weighted by Crippen LogP contribution is -2.38. The summed E-state index contributed by atoms with van der Waals surface area (Å²) in [5.74, 6) is -0.286. The van der Waals surface area contributed by atoms with Crippen LogP contribution in [0, 0.1) is 5.82 Å². The van der Waals surface area contributed by atoms with E-state index in [1.54, 1.807) is 19.1 Å². The number of halogens is 1. The van der Waals surface area contributed by atoms with E-state index in [0.717, 1.165) is 11.8 Å². The second kappa shape index (κ2) is 8.31. The molecule has 1 N–H and O–H groups in total. The van der Waals surface area contributed by atoms with Gasteiger partial charge in [-0.15, -0.1) is 0 Å². The molecule has 140 valence electrons. The van der Waals surface area contributed by atoms with Crippen molar-refractivity contribution in [3.63, 3.8) is 0 Å². The van der Waals surface area contributed by atoms with Crippen LogP contribution in [0.1, 0.15) is 31.9 Å². The SMILES string of the molecule is CC[C@H](NC(=O)[C@H](C)Oc1ccc(F)cc1)c1ccc(S(C)(=O)=O)cc1. The van der Waals surface area contributed by atoms with E-state index >= 15 is 0 Å². The van der Waals surface area contributed by atoms with Crippen LogP contribution in [-0.4, -0.2) is 26.7 Å². The molecule has 26 heavy (non-hydrogen) atoms. The molecule has 2 aromatic carbocycles. The first-order chi connectivity index (χ1) is 12.2. The topological polar surface area (TPSA) is 72.5 Å². The maximum Gasteiger partial charge on any atom is 0.261 e. The maximum atomic E-state index is 12.9. The first kappa shape index (κ1) is 19.9. The molecule has 5 nitrogen and oxygen atoms in total. The molecule has 0 fully saturated rings. The molecule has 0 aliphatic heterocycles. The highest BCUT2D eigenvalue weighted by molar-refractivity contribution is 7.90. The summed E-state index contributed by atoms with van der Waals surface area (Å²) in [5, 5.41) is 2.89. The van der Waals surface area contributed by atoms with Crippen molar-refractivity contribution in [2.45, 2.75) is 37.3 Å². The van der Waals surface area contributed by atoms with Gasteiger partial charge >= 0.3 is 0 Å². The Morgan fingerprint density at radius 2 is 1.69 bits per heavy atom. The molecule has 0 radical (unpaired) electrons. The van der Waals surface area contributed by atoms with E-state index in [4.69, 9.17) is 4.74 Å². The van der Waals surface area contributed by atoms with Crippen LogP contribution in [0.4, 0.5) is 4.39 Å². The third kappa shape index (κ3) is 5.29. The summed E-state index contributed by atoms with van der Waals surface area (Å²) < 4.78 is 41.5. The van der Waals surface area contributed by atoms with Crippen LogP contribution in [0.15, 0.2) is 53.4 Å². The van der Waals surface area contributed by atoms with Crippen molar-refractivity contribution in [1.29, 1.82) is 0 Å². The zero-order valence-electron chi connectivity index (χ0n) is 14.9. The zero-order chi connectivity index (χ0) is 19.3. The molecule has 0 aromatic heterocycles. The molecule has 2 aromatic rings. The monoisotopic (exact) mass is 379 g/mol. The molecule has 1 amide bonds. The van der Waals surface area contributed by atoms with Crippen LogP contribution in [0.5, 0.6) is 5.75 Å². The van der Waals surface area contributed by atoms with Gasteiger partial charge in [0.25, 0.3) is 5.91 Å². The van der Waals surface area contributed by atoms with E-state index in [9.17, 15) is 17.6 Å². The second-order valence-corrected chi connectivity index (χ2v) is 8.04. The van der Waals surface area contributed by atoms with Crippen molar-refractivity contribution in [2.75, 3.05) is 6.26 Å². The number of carbonyl (C=O) groups excluding carboxylic acids is 1. The maximum absolute atomic E-state index is 12.9. The molecule has 2 atom stereocenters. The van der Waals surface area contributed by atoms with E-state index < -0.39 is 15.9 Å². The number of sulfone groups is 1. The average molecular weight is 379 g/mol. The third-order valence-corrected chi connectivity index (χ3v) is 5.06. The normalized spacial score (nSPS) is 13.7. The third-order valence-electron chi connectivity index (χ3n) is 3.93. The van der Waals surface area contributed by atoms with Gasteiger partial charge in [-0.25, -0.2) is 12.8 Å². The Labute approximate surface area is 153 Å². The Morgan fingerprint density at radius 1 is 1.12 bits per heavy atom. The van der Waals surface area contributed by atoms with E-state index in [-0.39, 0.29) is 22.7 Å². The second-order valence-electron chi connectivity index (χ2n) is 6.02. The molecule has 0 aliphatic rings. The van der Waals surface area contributed by atoms with Crippen molar-refractivity contribution < 1.29 is 22.3 Å². The minimum absolute atomic E-state index is 0.232. The fraction of sp³-hybridized carbons (Fsp3) is 0.316. The van der Waals surface area contributed by atoms with Crippen LogP contribution in [0.25, 0.3) is 0 Å². The van der Waals surface area contributed by atoms with Crippen LogP contribution in [0.3, 0.4) is 0 Å². The van der Waals surface area contributed by atoms with Gasteiger partial charge in [-0.1, -0.05) is 19.1 Å². The van der Waals surface area contributed by atoms with Crippen molar-refractivity contribution in [3.05, 3.63) is 59.9 Å². The summed E-state index contributed by atoms with van der Waals surface area (Å²) in [6, 6.07) is 11.6. The molecule has 2 rings (SSSR count). The number of hydrogen-bond donors (Lipinski definition) is 1. The number of carbonyl (C=O) groups is 1. The van der Waals surface area contributed by atoms with Gasteiger partial charge in [0, 0.05) is 6.26 Å². The zero-order valence-corrected chi connectivity index (χ0v) is 15.7. The van der Waals surface area contributed by atoms with Crippen molar-refractivity contribution in [3.8, 4) is 5.75 Å². The average Bonchev–Trinajstić information content (AvgIpc) is 2.60. The number of ether oxygens (including phenoxy) is 1. The van der Waals surface area contributed by atoms with Crippen LogP contribution < -0.4 is 10.1 Å². The molecule has 0 heterocycles. The van der Waals surface area contributed by atoms with E-state index in [1.807, 2.05) is 6.92 Å². The van der Waals surface area contributed by atoms with Gasteiger partial charge in [-0.3, -0.25) is 4.79 Å². The summed E-state index contributed by atoms with van der Waals surface area (Å²) >= 11 is 0. The lowest BCUT2D eigenvalue weighted by molar-refractivity contribution is -0.128. The number of hydrogen-bond acceptors (Lipinski definition) is 4. The van der Waals surface area contributed by atoms with Crippen LogP contribution >= 0.6 is 0 Å². The van der Waals surface area contributed by atoms with Crippen molar-refractivity contribution in [1.82, 2.24) is 5.32 Å². The Kier molecular flexibility index (Phi) is 6.37. The first-order valence-electron chi connectivity index (χ1n) is 8.23. The summed E-state index contributed by atoms with van der Waals surface area (Å²) in [6.45, 7) is 3.53. The highest BCUT2D eigenvalue weighted by atomic mass is 32.2. The summed E-state index contributed by atoms with van der Waals surface area (Å²) in [6.07, 6.45) is 1.02. The molecular weight excluding hydrogens is 357 g/mol. The molecule has 0 bridgehead atoms. The lowest BCUT2D eigenvalue weighted by atomic mass is 10.0. The van der Waals surface area contributed by atoms with E-state index in [0.29, 0.717) is 12.2 Å². The molecule has 0 saturated carbocycles. The fourth-order valence-corrected chi connectivity index (χ4v) is 3.06. The Balaban J connectivity index is 2.04. The van der Waals surface area contributed by atoms with Crippen molar-refractivity contribution >= 4 is 15.7 Å². The number of nitrogens with one attached hydrogen (secondary N) is 1. The first-order valence-corrected chi connectivity index (χ1v) is 10.1. The minimum Gasteiger partial charge on any atom is -0.481 e. The standard InChI is InChI=1S/C19H22FNO4S/c1-4-18(14-5-11-17(12-6-14)26(3,23)24)21-19(22)13(2)25-16-9-7-15(20)8-10-16/h5-13,18H,4H2,1-3H3,(H,21,22)/t13-,18-/m0/s1. The Morgan fingerprint density at radius 3 is 2.19 bits per heavy atom. The molecule has 0 unspecified atom stereocenters. The number of benzene rings is 2. The van der Waals surface area contributed by atoms with Gasteiger partial charge in [0.05, 0.1) is 10.9 Å². The van der Waals surface area contributed by atoms with Gasteiger partial charge in [0.2, 0.25) is 0 Å². The van der Waals surface area contributed by atoms with Gasteiger partial charge in [0.1, 0.15) is 11.6 Å². The van der Waals surface area contributed by atoms with Gasteiger partial charge in [0.15, 0.2) is 15.9 Å².